The van der Waals surface area contributed by atoms with E-state index >= 15 is 0 Å². The lowest BCUT2D eigenvalue weighted by molar-refractivity contribution is -0.141. The first kappa shape index (κ1) is 16.8. The van der Waals surface area contributed by atoms with Crippen LogP contribution in [0.15, 0.2) is 24.3 Å². The second-order valence-electron chi connectivity index (χ2n) is 7.05. The third kappa shape index (κ3) is 3.25. The van der Waals surface area contributed by atoms with E-state index in [1.165, 1.54) is 0 Å². The smallest absolute Gasteiger partial charge is 0.306 e. The molecule has 2 saturated carbocycles. The molecule has 3 rings (SSSR count). The van der Waals surface area contributed by atoms with E-state index < -0.39 is 5.97 Å². The lowest BCUT2D eigenvalue weighted by Crippen LogP contribution is -2.46. The van der Waals surface area contributed by atoms with E-state index in [1.807, 2.05) is 24.3 Å². The first-order valence-corrected chi connectivity index (χ1v) is 8.73. The molecular formula is C19H25NO4. The fraction of sp³-hybridized carbons (Fsp3) is 0.579. The number of carbonyl (C=O) groups excluding carboxylic acids is 1. The molecule has 2 atom stereocenters. The normalized spacial score (nSPS) is 25.4. The number of carboxylic acid groups (broad SMARTS) is 1. The van der Waals surface area contributed by atoms with Crippen molar-refractivity contribution in [3.8, 4) is 5.75 Å². The van der Waals surface area contributed by atoms with Crippen LogP contribution in [0.2, 0.25) is 0 Å². The zero-order valence-electron chi connectivity index (χ0n) is 14.1. The summed E-state index contributed by atoms with van der Waals surface area (Å²) in [6.07, 6.45) is 5.77. The van der Waals surface area contributed by atoms with Gasteiger partial charge in [-0.3, -0.25) is 9.59 Å². The average Bonchev–Trinajstić information content (AvgIpc) is 3.25. The fourth-order valence-electron chi connectivity index (χ4n) is 4.16. The Morgan fingerprint density at radius 2 is 1.75 bits per heavy atom. The number of methoxy groups -OCH3 is 1. The molecule has 1 aromatic rings. The Balaban J connectivity index is 1.74. The highest BCUT2D eigenvalue weighted by Crippen LogP contribution is 2.40. The highest BCUT2D eigenvalue weighted by Gasteiger charge is 2.40. The van der Waals surface area contributed by atoms with Gasteiger partial charge in [-0.25, -0.2) is 0 Å². The van der Waals surface area contributed by atoms with Gasteiger partial charge in [0.25, 0.3) is 0 Å². The van der Waals surface area contributed by atoms with Crippen molar-refractivity contribution in [2.45, 2.75) is 50.5 Å². The monoisotopic (exact) mass is 331 g/mol. The number of aliphatic carboxylic acids is 1. The Bertz CT molecular complexity index is 604. The molecule has 0 radical (unpaired) electrons. The van der Waals surface area contributed by atoms with Crippen LogP contribution in [0.25, 0.3) is 0 Å². The summed E-state index contributed by atoms with van der Waals surface area (Å²) in [5.41, 5.74) is 0.798. The first-order valence-electron chi connectivity index (χ1n) is 8.73. The molecule has 1 amide bonds. The van der Waals surface area contributed by atoms with Crippen molar-refractivity contribution in [2.75, 3.05) is 7.11 Å². The van der Waals surface area contributed by atoms with E-state index in [4.69, 9.17) is 9.84 Å². The zero-order valence-corrected chi connectivity index (χ0v) is 14.1. The minimum atomic E-state index is -0.781. The van der Waals surface area contributed by atoms with Crippen molar-refractivity contribution in [2.24, 2.45) is 11.8 Å². The van der Waals surface area contributed by atoms with Crippen molar-refractivity contribution in [1.29, 1.82) is 0 Å². The lowest BCUT2D eigenvalue weighted by Gasteiger charge is -2.32. The Morgan fingerprint density at radius 1 is 1.12 bits per heavy atom. The van der Waals surface area contributed by atoms with Gasteiger partial charge in [-0.1, -0.05) is 25.0 Å². The van der Waals surface area contributed by atoms with E-state index in [1.54, 1.807) is 7.11 Å². The van der Waals surface area contributed by atoms with Gasteiger partial charge in [0.2, 0.25) is 5.91 Å². The summed E-state index contributed by atoms with van der Waals surface area (Å²) in [7, 11) is 1.64. The maximum Gasteiger partial charge on any atom is 0.306 e. The van der Waals surface area contributed by atoms with E-state index in [9.17, 15) is 9.59 Å². The Hall–Kier alpha value is -2.04. The Kier molecular flexibility index (Phi) is 4.78. The van der Waals surface area contributed by atoms with Crippen LogP contribution in [-0.4, -0.2) is 24.1 Å². The van der Waals surface area contributed by atoms with Gasteiger partial charge in [0.1, 0.15) is 5.75 Å². The molecule has 2 aliphatic rings. The van der Waals surface area contributed by atoms with E-state index in [-0.39, 0.29) is 23.3 Å². The van der Waals surface area contributed by atoms with Gasteiger partial charge in [0.05, 0.1) is 18.6 Å². The molecule has 2 N–H and O–H groups in total. The molecule has 0 spiro atoms. The number of rotatable bonds is 5. The van der Waals surface area contributed by atoms with Crippen molar-refractivity contribution in [3.05, 3.63) is 29.8 Å². The summed E-state index contributed by atoms with van der Waals surface area (Å²) in [6.45, 7) is 0. The van der Waals surface area contributed by atoms with Crippen LogP contribution in [0, 0.1) is 11.8 Å². The molecule has 0 saturated heterocycles. The molecule has 0 aromatic heterocycles. The van der Waals surface area contributed by atoms with Crippen molar-refractivity contribution in [1.82, 2.24) is 5.32 Å². The van der Waals surface area contributed by atoms with Gasteiger partial charge in [0.15, 0.2) is 0 Å². The third-order valence-corrected chi connectivity index (χ3v) is 5.61. The Morgan fingerprint density at radius 3 is 2.29 bits per heavy atom. The number of carboxylic acids is 1. The number of benzene rings is 1. The lowest BCUT2D eigenvalue weighted by atomic mass is 9.87. The molecule has 2 aliphatic carbocycles. The third-order valence-electron chi connectivity index (χ3n) is 5.61. The van der Waals surface area contributed by atoms with Crippen molar-refractivity contribution >= 4 is 11.9 Å². The fourth-order valence-corrected chi connectivity index (χ4v) is 4.16. The van der Waals surface area contributed by atoms with Gasteiger partial charge >= 0.3 is 5.97 Å². The molecular weight excluding hydrogens is 306 g/mol. The van der Waals surface area contributed by atoms with Gasteiger partial charge in [-0.15, -0.1) is 0 Å². The summed E-state index contributed by atoms with van der Waals surface area (Å²) in [5, 5.41) is 12.4. The molecule has 24 heavy (non-hydrogen) atoms. The van der Waals surface area contributed by atoms with Crippen molar-refractivity contribution < 1.29 is 19.4 Å². The van der Waals surface area contributed by atoms with Crippen LogP contribution >= 0.6 is 0 Å². The van der Waals surface area contributed by atoms with Gasteiger partial charge < -0.3 is 15.2 Å². The van der Waals surface area contributed by atoms with Gasteiger partial charge in [-0.05, 0) is 49.8 Å². The number of amides is 1. The molecule has 5 heteroatoms. The van der Waals surface area contributed by atoms with Gasteiger partial charge in [0, 0.05) is 5.92 Å². The summed E-state index contributed by atoms with van der Waals surface area (Å²) < 4.78 is 5.22. The van der Waals surface area contributed by atoms with E-state index in [2.05, 4.69) is 5.32 Å². The SMILES string of the molecule is COc1ccc(C2(NC(=O)[C@@H]3CC[C@H](C(=O)O)C3)CCCC2)cc1. The van der Waals surface area contributed by atoms with Crippen LogP contribution in [-0.2, 0) is 15.1 Å². The summed E-state index contributed by atoms with van der Waals surface area (Å²) >= 11 is 0. The number of hydrogen-bond donors (Lipinski definition) is 2. The average molecular weight is 331 g/mol. The summed E-state index contributed by atoms with van der Waals surface area (Å²) in [6, 6.07) is 7.91. The predicted octanol–water partition coefficient (Wildman–Crippen LogP) is 3.08. The van der Waals surface area contributed by atoms with E-state index in [0.717, 1.165) is 37.0 Å². The largest absolute Gasteiger partial charge is 0.497 e. The number of nitrogens with one attached hydrogen (secondary N) is 1. The molecule has 0 heterocycles. The highest BCUT2D eigenvalue weighted by molar-refractivity contribution is 5.81. The molecule has 0 bridgehead atoms. The zero-order chi connectivity index (χ0) is 17.2. The second-order valence-corrected chi connectivity index (χ2v) is 7.05. The quantitative estimate of drug-likeness (QED) is 0.869. The van der Waals surface area contributed by atoms with Crippen LogP contribution in [0.4, 0.5) is 0 Å². The minimum absolute atomic E-state index is 0.0106. The number of ether oxygens (including phenoxy) is 1. The maximum absolute atomic E-state index is 12.7. The van der Waals surface area contributed by atoms with Crippen LogP contribution in [0.1, 0.15) is 50.5 Å². The molecule has 1 aromatic carbocycles. The maximum atomic E-state index is 12.7. The minimum Gasteiger partial charge on any atom is -0.497 e. The Labute approximate surface area is 142 Å². The van der Waals surface area contributed by atoms with Crippen molar-refractivity contribution in [3.63, 3.8) is 0 Å². The standard InChI is InChI=1S/C19H25NO4/c1-24-16-8-6-15(7-9-16)19(10-2-3-11-19)20-17(21)13-4-5-14(12-13)18(22)23/h6-9,13-14H,2-5,10-12H2,1H3,(H,20,21)(H,22,23)/t13-,14+/m1/s1. The van der Waals surface area contributed by atoms with Crippen LogP contribution in [0.3, 0.4) is 0 Å². The molecule has 0 unspecified atom stereocenters. The molecule has 5 nitrogen and oxygen atoms in total. The molecule has 2 fully saturated rings. The molecule has 0 aliphatic heterocycles. The van der Waals surface area contributed by atoms with Crippen LogP contribution in [0.5, 0.6) is 5.75 Å². The summed E-state index contributed by atoms with van der Waals surface area (Å²) in [5.74, 6) is -0.520. The van der Waals surface area contributed by atoms with Crippen LogP contribution < -0.4 is 10.1 Å². The topological polar surface area (TPSA) is 75.6 Å². The van der Waals surface area contributed by atoms with Gasteiger partial charge in [-0.2, -0.15) is 0 Å². The summed E-state index contributed by atoms with van der Waals surface area (Å²) in [4.78, 5) is 23.9. The number of hydrogen-bond acceptors (Lipinski definition) is 3. The molecule has 130 valence electrons. The second kappa shape index (κ2) is 6.83. The predicted molar refractivity (Wildman–Crippen MR) is 89.7 cm³/mol. The van der Waals surface area contributed by atoms with E-state index in [0.29, 0.717) is 19.3 Å². The first-order chi connectivity index (χ1) is 11.5. The number of carbonyl (C=O) groups is 2. The highest BCUT2D eigenvalue weighted by atomic mass is 16.5.